The van der Waals surface area contributed by atoms with Crippen molar-refractivity contribution in [1.82, 2.24) is 4.31 Å². The van der Waals surface area contributed by atoms with Crippen LogP contribution in [0, 0.1) is 11.8 Å². The fourth-order valence-electron chi connectivity index (χ4n) is 3.45. The summed E-state index contributed by atoms with van der Waals surface area (Å²) < 4.78 is 65.5. The van der Waals surface area contributed by atoms with Crippen LogP contribution in [0.25, 0.3) is 0 Å². The van der Waals surface area contributed by atoms with E-state index in [1.807, 2.05) is 0 Å². The van der Waals surface area contributed by atoms with Gasteiger partial charge in [0.1, 0.15) is 4.90 Å². The maximum Gasteiger partial charge on any atom is 0.391 e. The van der Waals surface area contributed by atoms with Gasteiger partial charge in [-0.3, -0.25) is 4.79 Å². The average Bonchev–Trinajstić information content (AvgIpc) is 2.63. The fraction of sp³-hybridized carbons (Fsp3) is 0.611. The number of nitrogens with one attached hydrogen (secondary N) is 1. The highest BCUT2D eigenvalue weighted by atomic mass is 35.5. The number of hydrogen-bond donors (Lipinski definition) is 1. The van der Waals surface area contributed by atoms with Crippen molar-refractivity contribution in [2.45, 2.75) is 50.6 Å². The lowest BCUT2D eigenvalue weighted by Crippen LogP contribution is -2.34. The molecule has 158 valence electrons. The van der Waals surface area contributed by atoms with Gasteiger partial charge in [-0.1, -0.05) is 31.9 Å². The van der Waals surface area contributed by atoms with Gasteiger partial charge >= 0.3 is 6.18 Å². The normalized spacial score (nSPS) is 21.0. The van der Waals surface area contributed by atoms with Crippen LogP contribution in [0.5, 0.6) is 0 Å². The SMILES string of the molecule is CCN(CC)S(=O)(=O)c1cc(NC(=O)C2CCCC(C(F)(F)F)C2)ccc1Cl. The standard InChI is InChI=1S/C18H24ClF3N2O3S/c1-3-24(4-2)28(26,27)16-11-14(8-9-15(16)19)23-17(25)12-6-5-7-13(10-12)18(20,21)22/h8-9,11-13H,3-7,10H2,1-2H3,(H,23,25). The van der Waals surface area contributed by atoms with Crippen LogP contribution in [0.1, 0.15) is 39.5 Å². The Hall–Kier alpha value is -1.32. The molecule has 2 rings (SSSR count). The maximum atomic E-state index is 13.0. The van der Waals surface area contributed by atoms with E-state index in [9.17, 15) is 26.4 Å². The molecule has 1 aliphatic rings. The number of carbonyl (C=O) groups excluding carboxylic acids is 1. The molecule has 0 heterocycles. The Kier molecular flexibility index (Phi) is 7.38. The van der Waals surface area contributed by atoms with Gasteiger partial charge in [0.25, 0.3) is 0 Å². The lowest BCUT2D eigenvalue weighted by atomic mass is 9.80. The van der Waals surface area contributed by atoms with E-state index in [4.69, 9.17) is 11.6 Å². The van der Waals surface area contributed by atoms with Crippen molar-refractivity contribution >= 4 is 33.2 Å². The van der Waals surface area contributed by atoms with Gasteiger partial charge in [-0.05, 0) is 37.5 Å². The van der Waals surface area contributed by atoms with Crippen molar-refractivity contribution in [3.05, 3.63) is 23.2 Å². The monoisotopic (exact) mass is 440 g/mol. The molecule has 1 saturated carbocycles. The minimum Gasteiger partial charge on any atom is -0.326 e. The highest BCUT2D eigenvalue weighted by molar-refractivity contribution is 7.89. The molecular weight excluding hydrogens is 417 g/mol. The molecule has 1 amide bonds. The second kappa shape index (κ2) is 9.00. The van der Waals surface area contributed by atoms with Gasteiger partial charge < -0.3 is 5.32 Å². The van der Waals surface area contributed by atoms with Crippen molar-refractivity contribution in [2.24, 2.45) is 11.8 Å². The van der Waals surface area contributed by atoms with Crippen LogP contribution >= 0.6 is 11.6 Å². The number of rotatable bonds is 6. The first kappa shape index (κ1) is 23.0. The molecule has 0 radical (unpaired) electrons. The van der Waals surface area contributed by atoms with E-state index in [0.29, 0.717) is 12.8 Å². The quantitative estimate of drug-likeness (QED) is 0.698. The predicted octanol–water partition coefficient (Wildman–Crippen LogP) is 4.68. The van der Waals surface area contributed by atoms with E-state index in [2.05, 4.69) is 5.32 Å². The highest BCUT2D eigenvalue weighted by Crippen LogP contribution is 2.40. The number of alkyl halides is 3. The summed E-state index contributed by atoms with van der Waals surface area (Å²) in [6.45, 7) is 3.90. The minimum atomic E-state index is -4.32. The first-order valence-electron chi connectivity index (χ1n) is 9.18. The summed E-state index contributed by atoms with van der Waals surface area (Å²) in [6.07, 6.45) is -3.85. The van der Waals surface area contributed by atoms with Gasteiger partial charge in [0, 0.05) is 24.7 Å². The fourth-order valence-corrected chi connectivity index (χ4v) is 5.41. The number of amides is 1. The Morgan fingerprint density at radius 2 is 1.89 bits per heavy atom. The van der Waals surface area contributed by atoms with Gasteiger partial charge in [-0.2, -0.15) is 17.5 Å². The average molecular weight is 441 g/mol. The summed E-state index contributed by atoms with van der Waals surface area (Å²) >= 11 is 6.05. The van der Waals surface area contributed by atoms with Crippen LogP contribution in [0.3, 0.4) is 0 Å². The second-order valence-electron chi connectivity index (χ2n) is 6.83. The first-order valence-corrected chi connectivity index (χ1v) is 11.0. The summed E-state index contributed by atoms with van der Waals surface area (Å²) in [4.78, 5) is 12.3. The van der Waals surface area contributed by atoms with E-state index >= 15 is 0 Å². The number of anilines is 1. The van der Waals surface area contributed by atoms with E-state index < -0.39 is 33.9 Å². The molecule has 1 aromatic carbocycles. The van der Waals surface area contributed by atoms with Gasteiger partial charge in [0.05, 0.1) is 10.9 Å². The Labute approximate surface area is 168 Å². The van der Waals surface area contributed by atoms with E-state index in [-0.39, 0.29) is 41.5 Å². The zero-order chi connectivity index (χ0) is 21.1. The van der Waals surface area contributed by atoms with E-state index in [0.717, 1.165) is 0 Å². The molecule has 1 fully saturated rings. The number of sulfonamides is 1. The molecule has 1 aliphatic carbocycles. The lowest BCUT2D eigenvalue weighted by molar-refractivity contribution is -0.185. The van der Waals surface area contributed by atoms with Crippen LogP contribution in [0.4, 0.5) is 18.9 Å². The molecule has 0 aliphatic heterocycles. The van der Waals surface area contributed by atoms with Crippen molar-refractivity contribution in [3.8, 4) is 0 Å². The Bertz CT molecular complexity index is 811. The second-order valence-corrected chi connectivity index (χ2v) is 9.14. The number of carbonyl (C=O) groups is 1. The lowest BCUT2D eigenvalue weighted by Gasteiger charge is -2.29. The summed E-state index contributed by atoms with van der Waals surface area (Å²) in [5, 5.41) is 2.56. The first-order chi connectivity index (χ1) is 13.0. The van der Waals surface area contributed by atoms with E-state index in [1.165, 1.54) is 22.5 Å². The van der Waals surface area contributed by atoms with Crippen molar-refractivity contribution in [2.75, 3.05) is 18.4 Å². The third-order valence-corrected chi connectivity index (χ3v) is 7.56. The van der Waals surface area contributed by atoms with Gasteiger partial charge in [0.15, 0.2) is 0 Å². The van der Waals surface area contributed by atoms with Crippen LogP contribution in [0.15, 0.2) is 23.1 Å². The van der Waals surface area contributed by atoms with Crippen LogP contribution in [0.2, 0.25) is 5.02 Å². The summed E-state index contributed by atoms with van der Waals surface area (Å²) in [5.41, 5.74) is 0.189. The molecule has 1 aromatic rings. The molecule has 1 N–H and O–H groups in total. The van der Waals surface area contributed by atoms with Crippen molar-refractivity contribution < 1.29 is 26.4 Å². The van der Waals surface area contributed by atoms with Gasteiger partial charge in [-0.25, -0.2) is 8.42 Å². The Morgan fingerprint density at radius 1 is 1.25 bits per heavy atom. The third kappa shape index (κ3) is 5.18. The third-order valence-electron chi connectivity index (χ3n) is 5.03. The highest BCUT2D eigenvalue weighted by Gasteiger charge is 2.43. The molecule has 0 spiro atoms. The van der Waals surface area contributed by atoms with Gasteiger partial charge in [0.2, 0.25) is 15.9 Å². The topological polar surface area (TPSA) is 66.5 Å². The number of halogens is 4. The summed E-state index contributed by atoms with van der Waals surface area (Å²) in [5.74, 6) is -2.79. The number of nitrogens with zero attached hydrogens (tertiary/aromatic N) is 1. The zero-order valence-corrected chi connectivity index (χ0v) is 17.3. The number of benzene rings is 1. The molecule has 10 heteroatoms. The van der Waals surface area contributed by atoms with Crippen LogP contribution in [-0.4, -0.2) is 37.9 Å². The van der Waals surface area contributed by atoms with Crippen molar-refractivity contribution in [3.63, 3.8) is 0 Å². The molecule has 2 atom stereocenters. The largest absolute Gasteiger partial charge is 0.391 e. The van der Waals surface area contributed by atoms with Crippen LogP contribution in [-0.2, 0) is 14.8 Å². The molecule has 0 aromatic heterocycles. The van der Waals surface area contributed by atoms with Crippen molar-refractivity contribution in [1.29, 1.82) is 0 Å². The maximum absolute atomic E-state index is 13.0. The molecule has 0 bridgehead atoms. The molecular formula is C18H24ClF3N2O3S. The predicted molar refractivity (Wildman–Crippen MR) is 102 cm³/mol. The van der Waals surface area contributed by atoms with Gasteiger partial charge in [-0.15, -0.1) is 0 Å². The summed E-state index contributed by atoms with van der Waals surface area (Å²) in [6, 6.07) is 4.04. The zero-order valence-electron chi connectivity index (χ0n) is 15.7. The molecule has 28 heavy (non-hydrogen) atoms. The molecule has 5 nitrogen and oxygen atoms in total. The summed E-state index contributed by atoms with van der Waals surface area (Å²) in [7, 11) is -3.84. The number of hydrogen-bond acceptors (Lipinski definition) is 3. The van der Waals surface area contributed by atoms with E-state index in [1.54, 1.807) is 13.8 Å². The Balaban J connectivity index is 2.20. The van der Waals surface area contributed by atoms with Crippen LogP contribution < -0.4 is 5.32 Å². The minimum absolute atomic E-state index is 0.0136. The molecule has 2 unspecified atom stereocenters. The Morgan fingerprint density at radius 3 is 2.46 bits per heavy atom. The molecule has 0 saturated heterocycles. The smallest absolute Gasteiger partial charge is 0.326 e.